The molecule has 0 fully saturated rings. The van der Waals surface area contributed by atoms with E-state index in [1.54, 1.807) is 13.0 Å². The lowest BCUT2D eigenvalue weighted by atomic mass is 10.1. The maximum absolute atomic E-state index is 14.1. The van der Waals surface area contributed by atoms with Crippen LogP contribution in [0.4, 0.5) is 4.39 Å². The smallest absolute Gasteiger partial charge is 0.270 e. The Bertz CT molecular complexity index is 1160. The molecule has 8 heteroatoms. The van der Waals surface area contributed by atoms with Crippen LogP contribution >= 0.6 is 0 Å². The fraction of sp³-hybridized carbons (Fsp3) is 0.200. The predicted molar refractivity (Wildman–Crippen MR) is 104 cm³/mol. The second-order valence-electron chi connectivity index (χ2n) is 6.40. The minimum Gasteiger partial charge on any atom is -0.481 e. The first-order valence-corrected chi connectivity index (χ1v) is 10.3. The van der Waals surface area contributed by atoms with E-state index in [4.69, 9.17) is 4.74 Å². The minimum atomic E-state index is -3.66. The first kappa shape index (κ1) is 19.8. The number of ether oxygens (including phenoxy) is 1. The summed E-state index contributed by atoms with van der Waals surface area (Å²) in [7, 11) is -2.18. The Morgan fingerprint density at radius 1 is 1.18 bits per heavy atom. The molecule has 0 radical (unpaired) electrons. The van der Waals surface area contributed by atoms with E-state index >= 15 is 0 Å². The molecule has 146 valence electrons. The zero-order valence-corrected chi connectivity index (χ0v) is 16.4. The average molecular weight is 402 g/mol. The summed E-state index contributed by atoms with van der Waals surface area (Å²) in [6.45, 7) is 1.67. The van der Waals surface area contributed by atoms with Crippen LogP contribution in [-0.2, 0) is 9.84 Å². The fourth-order valence-corrected chi connectivity index (χ4v) is 3.61. The van der Waals surface area contributed by atoms with Crippen LogP contribution in [0.5, 0.6) is 5.88 Å². The van der Waals surface area contributed by atoms with Gasteiger partial charge in [0.05, 0.1) is 13.2 Å². The number of hydrogen-bond donors (Lipinski definition) is 1. The number of rotatable bonds is 5. The standard InChI is InChI=1S/C20H19FN2O4S/c1-12(13-8-9-18(16(21)10-13)28(3,25)26)22-19(24)17-11-14-6-4-5-7-15(14)20(23-17)27-2/h4-12H,1-3H3,(H,22,24). The number of carbonyl (C=O) groups is 1. The summed E-state index contributed by atoms with van der Waals surface area (Å²) in [5.41, 5.74) is 0.599. The molecule has 0 saturated carbocycles. The highest BCUT2D eigenvalue weighted by molar-refractivity contribution is 7.90. The number of nitrogens with one attached hydrogen (secondary N) is 1. The first-order chi connectivity index (χ1) is 13.2. The van der Waals surface area contributed by atoms with Crippen molar-refractivity contribution >= 4 is 26.5 Å². The molecule has 2 aromatic carbocycles. The van der Waals surface area contributed by atoms with Crippen molar-refractivity contribution in [2.45, 2.75) is 17.9 Å². The van der Waals surface area contributed by atoms with Crippen molar-refractivity contribution in [3.05, 3.63) is 65.6 Å². The summed E-state index contributed by atoms with van der Waals surface area (Å²) in [5.74, 6) is -0.977. The number of sulfone groups is 1. The number of methoxy groups -OCH3 is 1. The van der Waals surface area contributed by atoms with Gasteiger partial charge in [-0.2, -0.15) is 0 Å². The predicted octanol–water partition coefficient (Wildman–Crippen LogP) is 3.28. The highest BCUT2D eigenvalue weighted by Gasteiger charge is 2.19. The van der Waals surface area contributed by atoms with Gasteiger partial charge in [-0.25, -0.2) is 17.8 Å². The molecular weight excluding hydrogens is 383 g/mol. The van der Waals surface area contributed by atoms with Gasteiger partial charge in [0.2, 0.25) is 5.88 Å². The van der Waals surface area contributed by atoms with Gasteiger partial charge in [0, 0.05) is 11.6 Å². The van der Waals surface area contributed by atoms with E-state index in [9.17, 15) is 17.6 Å². The molecular formula is C20H19FN2O4S. The Labute approximate surface area is 162 Å². The maximum atomic E-state index is 14.1. The SMILES string of the molecule is COc1nc(C(=O)NC(C)c2ccc(S(C)(=O)=O)c(F)c2)cc2ccccc12. The molecule has 0 saturated heterocycles. The van der Waals surface area contributed by atoms with Crippen LogP contribution in [0.15, 0.2) is 53.4 Å². The van der Waals surface area contributed by atoms with E-state index in [1.165, 1.54) is 19.2 Å². The molecule has 1 heterocycles. The second kappa shape index (κ2) is 7.55. The number of benzene rings is 2. The summed E-state index contributed by atoms with van der Waals surface area (Å²) < 4.78 is 42.5. The van der Waals surface area contributed by atoms with Crippen LogP contribution in [0.3, 0.4) is 0 Å². The Morgan fingerprint density at radius 3 is 2.54 bits per heavy atom. The third kappa shape index (κ3) is 3.96. The van der Waals surface area contributed by atoms with E-state index in [-0.39, 0.29) is 10.6 Å². The van der Waals surface area contributed by atoms with Gasteiger partial charge in [0.1, 0.15) is 16.4 Å². The highest BCUT2D eigenvalue weighted by Crippen LogP contribution is 2.25. The van der Waals surface area contributed by atoms with Crippen molar-refractivity contribution in [1.82, 2.24) is 10.3 Å². The topological polar surface area (TPSA) is 85.4 Å². The summed E-state index contributed by atoms with van der Waals surface area (Å²) in [5, 5.41) is 4.33. The number of fused-ring (bicyclic) bond motifs is 1. The number of nitrogens with zero attached hydrogens (tertiary/aromatic N) is 1. The minimum absolute atomic E-state index is 0.163. The number of aromatic nitrogens is 1. The number of hydrogen-bond acceptors (Lipinski definition) is 5. The molecule has 28 heavy (non-hydrogen) atoms. The molecule has 1 atom stereocenters. The molecule has 0 aliphatic heterocycles. The molecule has 1 unspecified atom stereocenters. The third-order valence-corrected chi connectivity index (χ3v) is 5.46. The molecule has 0 aliphatic carbocycles. The molecule has 0 spiro atoms. The number of halogens is 1. The molecule has 0 bridgehead atoms. The van der Waals surface area contributed by atoms with Gasteiger partial charge in [-0.3, -0.25) is 4.79 Å². The van der Waals surface area contributed by atoms with Crippen LogP contribution in [0.2, 0.25) is 0 Å². The third-order valence-electron chi connectivity index (χ3n) is 4.33. The highest BCUT2D eigenvalue weighted by atomic mass is 32.2. The van der Waals surface area contributed by atoms with Crippen molar-refractivity contribution in [2.24, 2.45) is 0 Å². The normalized spacial score (nSPS) is 12.6. The lowest BCUT2D eigenvalue weighted by Gasteiger charge is -2.16. The Morgan fingerprint density at radius 2 is 1.89 bits per heavy atom. The second-order valence-corrected chi connectivity index (χ2v) is 8.38. The van der Waals surface area contributed by atoms with E-state index in [0.29, 0.717) is 11.4 Å². The lowest BCUT2D eigenvalue weighted by molar-refractivity contribution is 0.0934. The van der Waals surface area contributed by atoms with E-state index in [2.05, 4.69) is 10.3 Å². The molecule has 0 aliphatic rings. The van der Waals surface area contributed by atoms with Gasteiger partial charge < -0.3 is 10.1 Å². The zero-order valence-electron chi connectivity index (χ0n) is 15.6. The molecule has 1 amide bonds. The van der Waals surface area contributed by atoms with E-state index in [1.807, 2.05) is 24.3 Å². The van der Waals surface area contributed by atoms with Gasteiger partial charge in [-0.15, -0.1) is 0 Å². The van der Waals surface area contributed by atoms with Crippen molar-refractivity contribution < 1.29 is 22.3 Å². The van der Waals surface area contributed by atoms with E-state index < -0.39 is 27.6 Å². The van der Waals surface area contributed by atoms with Crippen LogP contribution in [0, 0.1) is 5.82 Å². The van der Waals surface area contributed by atoms with Crippen LogP contribution < -0.4 is 10.1 Å². The molecule has 6 nitrogen and oxygen atoms in total. The largest absolute Gasteiger partial charge is 0.481 e. The first-order valence-electron chi connectivity index (χ1n) is 8.45. The zero-order chi connectivity index (χ0) is 20.5. The van der Waals surface area contributed by atoms with Crippen molar-refractivity contribution in [1.29, 1.82) is 0 Å². The van der Waals surface area contributed by atoms with Crippen LogP contribution in [-0.4, -0.2) is 32.7 Å². The Balaban J connectivity index is 1.87. The monoisotopic (exact) mass is 402 g/mol. The number of amides is 1. The summed E-state index contributed by atoms with van der Waals surface area (Å²) in [6.07, 6.45) is 0.940. The lowest BCUT2D eigenvalue weighted by Crippen LogP contribution is -2.27. The summed E-state index contributed by atoms with van der Waals surface area (Å²) in [6, 6.07) is 12.2. The Kier molecular flexibility index (Phi) is 5.33. The van der Waals surface area contributed by atoms with Crippen LogP contribution in [0.25, 0.3) is 10.8 Å². The van der Waals surface area contributed by atoms with Crippen molar-refractivity contribution in [2.75, 3.05) is 13.4 Å². The number of carbonyl (C=O) groups excluding carboxylic acids is 1. The quantitative estimate of drug-likeness (QED) is 0.708. The van der Waals surface area contributed by atoms with Gasteiger partial charge in [-0.1, -0.05) is 24.3 Å². The van der Waals surface area contributed by atoms with Crippen molar-refractivity contribution in [3.8, 4) is 5.88 Å². The molecule has 3 aromatic rings. The van der Waals surface area contributed by atoms with Gasteiger partial charge in [-0.05, 0) is 42.1 Å². The molecule has 3 rings (SSSR count). The van der Waals surface area contributed by atoms with Crippen molar-refractivity contribution in [3.63, 3.8) is 0 Å². The summed E-state index contributed by atoms with van der Waals surface area (Å²) in [4.78, 5) is 16.5. The van der Waals surface area contributed by atoms with Gasteiger partial charge in [0.15, 0.2) is 9.84 Å². The molecule has 1 aromatic heterocycles. The summed E-state index contributed by atoms with van der Waals surface area (Å²) >= 11 is 0. The number of pyridine rings is 1. The van der Waals surface area contributed by atoms with Gasteiger partial charge in [0.25, 0.3) is 5.91 Å². The average Bonchev–Trinajstić information content (AvgIpc) is 2.65. The van der Waals surface area contributed by atoms with E-state index in [0.717, 1.165) is 23.1 Å². The fourth-order valence-electron chi connectivity index (χ4n) is 2.88. The Hall–Kier alpha value is -3.00. The van der Waals surface area contributed by atoms with Crippen LogP contribution in [0.1, 0.15) is 29.0 Å². The maximum Gasteiger partial charge on any atom is 0.270 e. The van der Waals surface area contributed by atoms with Gasteiger partial charge >= 0.3 is 0 Å². The molecule has 1 N–H and O–H groups in total.